The van der Waals surface area contributed by atoms with E-state index in [9.17, 15) is 0 Å². The zero-order valence-electron chi connectivity index (χ0n) is 13.8. The van der Waals surface area contributed by atoms with Crippen molar-refractivity contribution >= 4 is 41.6 Å². The van der Waals surface area contributed by atoms with Crippen LogP contribution in [-0.4, -0.2) is 27.2 Å². The molecule has 24 heavy (non-hydrogen) atoms. The molecule has 0 fully saturated rings. The highest BCUT2D eigenvalue weighted by atomic mass is 35.5. The summed E-state index contributed by atoms with van der Waals surface area (Å²) in [6.45, 7) is 5.96. The molecule has 1 heterocycles. The molecule has 0 spiro atoms. The lowest BCUT2D eigenvalue weighted by Crippen LogP contribution is -2.06. The summed E-state index contributed by atoms with van der Waals surface area (Å²) in [7, 11) is 0. The number of hydrogen-bond acceptors (Lipinski definition) is 4. The van der Waals surface area contributed by atoms with Crippen LogP contribution in [0.3, 0.4) is 0 Å². The molecule has 1 aromatic heterocycles. The summed E-state index contributed by atoms with van der Waals surface area (Å²) in [6.07, 6.45) is 4.55. The van der Waals surface area contributed by atoms with Gasteiger partial charge in [-0.05, 0) is 50.2 Å². The van der Waals surface area contributed by atoms with E-state index in [1.165, 1.54) is 0 Å². The van der Waals surface area contributed by atoms with Crippen molar-refractivity contribution < 1.29 is 4.74 Å². The molecule has 2 rings (SSSR count). The van der Waals surface area contributed by atoms with Gasteiger partial charge in [-0.25, -0.2) is 0 Å². The minimum Gasteiger partial charge on any atom is -0.488 e. The van der Waals surface area contributed by atoms with Crippen LogP contribution in [0, 0.1) is 4.77 Å². The maximum absolute atomic E-state index is 6.25. The van der Waals surface area contributed by atoms with Gasteiger partial charge in [-0.15, -0.1) is 0 Å². The second-order valence-corrected chi connectivity index (χ2v) is 6.79. The van der Waals surface area contributed by atoms with Gasteiger partial charge in [0, 0.05) is 6.42 Å². The second-order valence-electron chi connectivity index (χ2n) is 5.59. The molecule has 0 bridgehead atoms. The summed E-state index contributed by atoms with van der Waals surface area (Å²) < 4.78 is 7.69. The van der Waals surface area contributed by atoms with Gasteiger partial charge in [0.15, 0.2) is 11.6 Å². The van der Waals surface area contributed by atoms with Crippen LogP contribution in [0.5, 0.6) is 5.75 Å². The van der Waals surface area contributed by atoms with Crippen molar-refractivity contribution in [3.8, 4) is 5.75 Å². The number of aromatic nitrogens is 3. The van der Waals surface area contributed by atoms with Crippen molar-refractivity contribution in [3.05, 3.63) is 38.3 Å². The van der Waals surface area contributed by atoms with Gasteiger partial charge in [-0.2, -0.15) is 14.9 Å². The zero-order valence-corrected chi connectivity index (χ0v) is 16.2. The maximum atomic E-state index is 6.25. The summed E-state index contributed by atoms with van der Waals surface area (Å²) in [5, 5.41) is 12.3. The fraction of sp³-hybridized carbons (Fsp3) is 0.438. The van der Waals surface area contributed by atoms with E-state index >= 15 is 0 Å². The fourth-order valence-electron chi connectivity index (χ4n) is 2.07. The topological polar surface area (TPSA) is 55.2 Å². The molecule has 0 aliphatic heterocycles. The lowest BCUT2D eigenvalue weighted by Gasteiger charge is -2.13. The van der Waals surface area contributed by atoms with E-state index in [0.717, 1.165) is 30.7 Å². The minimum atomic E-state index is -0.00935. The molecule has 0 saturated carbocycles. The van der Waals surface area contributed by atoms with Crippen molar-refractivity contribution in [1.29, 1.82) is 0 Å². The first-order valence-electron chi connectivity index (χ1n) is 7.78. The molecule has 8 heteroatoms. The Kier molecular flexibility index (Phi) is 6.83. The summed E-state index contributed by atoms with van der Waals surface area (Å²) >= 11 is 17.7. The van der Waals surface area contributed by atoms with Gasteiger partial charge in [-0.1, -0.05) is 36.5 Å². The van der Waals surface area contributed by atoms with Crippen LogP contribution in [0.4, 0.5) is 0 Å². The molecular weight excluding hydrogens is 367 g/mol. The first-order valence-corrected chi connectivity index (χ1v) is 8.95. The standard InChI is InChI=1S/C16H20Cl2N4OS/c1-4-5-6-14-20-21-16(24)22(14)19-9-11-7-12(17)15(13(18)8-11)23-10(2)3/h7-10H,4-6H2,1-3H3,(H,21,24)/b19-9-. The number of hydrogen-bond donors (Lipinski definition) is 1. The molecule has 2 aromatic rings. The number of nitrogens with zero attached hydrogens (tertiary/aromatic N) is 3. The molecule has 0 radical (unpaired) electrons. The zero-order chi connectivity index (χ0) is 17.7. The van der Waals surface area contributed by atoms with E-state index in [1.807, 2.05) is 13.8 Å². The van der Waals surface area contributed by atoms with Crippen molar-refractivity contribution in [2.24, 2.45) is 5.10 Å². The van der Waals surface area contributed by atoms with E-state index in [-0.39, 0.29) is 6.10 Å². The Morgan fingerprint density at radius 3 is 2.62 bits per heavy atom. The van der Waals surface area contributed by atoms with Crippen LogP contribution in [0.15, 0.2) is 17.2 Å². The maximum Gasteiger partial charge on any atom is 0.216 e. The summed E-state index contributed by atoms with van der Waals surface area (Å²) in [6, 6.07) is 3.51. The first kappa shape index (κ1) is 19.0. The van der Waals surface area contributed by atoms with Gasteiger partial charge in [0.25, 0.3) is 0 Å². The van der Waals surface area contributed by atoms with Gasteiger partial charge < -0.3 is 4.74 Å². The average Bonchev–Trinajstić information content (AvgIpc) is 2.86. The van der Waals surface area contributed by atoms with E-state index in [4.69, 9.17) is 40.2 Å². The lowest BCUT2D eigenvalue weighted by atomic mass is 10.2. The Bertz CT molecular complexity index is 760. The number of benzene rings is 1. The van der Waals surface area contributed by atoms with Crippen LogP contribution in [-0.2, 0) is 6.42 Å². The molecule has 0 aliphatic rings. The summed E-state index contributed by atoms with van der Waals surface area (Å²) in [4.78, 5) is 0. The molecule has 0 atom stereocenters. The Morgan fingerprint density at radius 1 is 1.38 bits per heavy atom. The van der Waals surface area contributed by atoms with Crippen LogP contribution in [0.2, 0.25) is 10.0 Å². The number of ether oxygens (including phenoxy) is 1. The molecular formula is C16H20Cl2N4OS. The number of halogens is 2. The third-order valence-electron chi connectivity index (χ3n) is 3.17. The Balaban J connectivity index is 2.27. The van der Waals surface area contributed by atoms with Crippen molar-refractivity contribution in [2.45, 2.75) is 46.1 Å². The molecule has 0 aliphatic carbocycles. The number of rotatable bonds is 7. The summed E-state index contributed by atoms with van der Waals surface area (Å²) in [5.74, 6) is 1.28. The highest BCUT2D eigenvalue weighted by Crippen LogP contribution is 2.34. The Hall–Kier alpha value is -1.37. The van der Waals surface area contributed by atoms with Crippen LogP contribution in [0.1, 0.15) is 45.0 Å². The first-order chi connectivity index (χ1) is 11.4. The molecule has 0 amide bonds. The van der Waals surface area contributed by atoms with Crippen LogP contribution < -0.4 is 4.74 Å². The third kappa shape index (κ3) is 4.82. The highest BCUT2D eigenvalue weighted by molar-refractivity contribution is 7.71. The summed E-state index contributed by atoms with van der Waals surface area (Å²) in [5.41, 5.74) is 0.755. The van der Waals surface area contributed by atoms with E-state index in [1.54, 1.807) is 23.0 Å². The smallest absolute Gasteiger partial charge is 0.216 e. The predicted octanol–water partition coefficient (Wildman–Crippen LogP) is 5.26. The number of nitrogens with one attached hydrogen (secondary N) is 1. The largest absolute Gasteiger partial charge is 0.488 e. The molecule has 130 valence electrons. The quantitative estimate of drug-likeness (QED) is 0.521. The molecule has 1 aromatic carbocycles. The van der Waals surface area contributed by atoms with Crippen molar-refractivity contribution in [3.63, 3.8) is 0 Å². The van der Waals surface area contributed by atoms with Gasteiger partial charge in [-0.3, -0.25) is 5.10 Å². The monoisotopic (exact) mass is 386 g/mol. The number of H-pyrrole nitrogens is 1. The fourth-order valence-corrected chi connectivity index (χ4v) is 2.86. The van der Waals surface area contributed by atoms with Crippen LogP contribution in [0.25, 0.3) is 0 Å². The van der Waals surface area contributed by atoms with Gasteiger partial charge in [0.05, 0.1) is 22.4 Å². The minimum absolute atomic E-state index is 0.00935. The van der Waals surface area contributed by atoms with Gasteiger partial charge in [0.2, 0.25) is 4.77 Å². The number of unbranched alkanes of at least 4 members (excludes halogenated alkanes) is 1. The van der Waals surface area contributed by atoms with Crippen molar-refractivity contribution in [2.75, 3.05) is 0 Å². The molecule has 0 unspecified atom stereocenters. The van der Waals surface area contributed by atoms with E-state index < -0.39 is 0 Å². The number of aromatic amines is 1. The Morgan fingerprint density at radius 2 is 2.04 bits per heavy atom. The molecule has 0 saturated heterocycles. The Labute approximate surface area is 156 Å². The predicted molar refractivity (Wildman–Crippen MR) is 101 cm³/mol. The SMILES string of the molecule is CCCCc1n[nH]c(=S)n1/N=C\c1cc(Cl)c(OC(C)C)c(Cl)c1. The number of aryl methyl sites for hydroxylation is 1. The van der Waals surface area contributed by atoms with Crippen LogP contribution >= 0.6 is 35.4 Å². The van der Waals surface area contributed by atoms with Gasteiger partial charge >= 0.3 is 0 Å². The third-order valence-corrected chi connectivity index (χ3v) is 3.99. The van der Waals surface area contributed by atoms with E-state index in [2.05, 4.69) is 22.2 Å². The highest BCUT2D eigenvalue weighted by Gasteiger charge is 2.11. The molecule has 5 nitrogen and oxygen atoms in total. The lowest BCUT2D eigenvalue weighted by molar-refractivity contribution is 0.243. The van der Waals surface area contributed by atoms with Gasteiger partial charge in [0.1, 0.15) is 0 Å². The normalized spacial score (nSPS) is 11.6. The van der Waals surface area contributed by atoms with Crippen molar-refractivity contribution in [1.82, 2.24) is 14.9 Å². The van der Waals surface area contributed by atoms with E-state index in [0.29, 0.717) is 20.6 Å². The average molecular weight is 387 g/mol. The molecule has 1 N–H and O–H groups in total. The second kappa shape index (κ2) is 8.65.